The highest BCUT2D eigenvalue weighted by Gasteiger charge is 2.14. The SMILES string of the molecule is CCn1c(=NC(=O)c2cccc(C(=O)N=c3sc4cc(C)ccc4n3CC)n2)sc2cc(C)ccc21. The normalized spacial score (nSPS) is 12.7. The average Bonchev–Trinajstić information content (AvgIpc) is 3.39. The van der Waals surface area contributed by atoms with Crippen LogP contribution < -0.4 is 9.60 Å². The number of pyridine rings is 1. The molecule has 0 aliphatic carbocycles. The maximum atomic E-state index is 13.0. The smallest absolute Gasteiger partial charge is 0.298 e. The maximum absolute atomic E-state index is 13.0. The van der Waals surface area contributed by atoms with Gasteiger partial charge >= 0.3 is 0 Å². The molecule has 2 aromatic carbocycles. The number of thiazole rings is 2. The minimum atomic E-state index is -0.490. The van der Waals surface area contributed by atoms with Crippen molar-refractivity contribution in [3.63, 3.8) is 0 Å². The molecule has 2 amide bonds. The largest absolute Gasteiger partial charge is 0.317 e. The third-order valence-corrected chi connectivity index (χ3v) is 7.97. The van der Waals surface area contributed by atoms with Crippen LogP contribution in [-0.2, 0) is 13.1 Å². The van der Waals surface area contributed by atoms with E-state index in [1.807, 2.05) is 61.1 Å². The summed E-state index contributed by atoms with van der Waals surface area (Å²) >= 11 is 2.93. The quantitative estimate of drug-likeness (QED) is 0.328. The number of hydrogen-bond donors (Lipinski definition) is 0. The minimum Gasteiger partial charge on any atom is -0.317 e. The lowest BCUT2D eigenvalue weighted by Gasteiger charge is -2.01. The molecule has 36 heavy (non-hydrogen) atoms. The molecule has 5 aromatic rings. The number of amides is 2. The predicted octanol–water partition coefficient (Wildman–Crippen LogP) is 5.25. The van der Waals surface area contributed by atoms with Crippen LogP contribution in [0.3, 0.4) is 0 Å². The second-order valence-electron chi connectivity index (χ2n) is 8.44. The van der Waals surface area contributed by atoms with Gasteiger partial charge in [-0.15, -0.1) is 0 Å². The summed E-state index contributed by atoms with van der Waals surface area (Å²) in [5.74, 6) is -0.979. The van der Waals surface area contributed by atoms with Gasteiger partial charge in [-0.05, 0) is 75.2 Å². The van der Waals surface area contributed by atoms with Crippen molar-refractivity contribution < 1.29 is 9.59 Å². The van der Waals surface area contributed by atoms with Crippen LogP contribution in [-0.4, -0.2) is 25.9 Å². The lowest BCUT2D eigenvalue weighted by molar-refractivity contribution is 0.0989. The van der Waals surface area contributed by atoms with Crippen molar-refractivity contribution in [2.75, 3.05) is 0 Å². The molecule has 0 bridgehead atoms. The van der Waals surface area contributed by atoms with E-state index in [-0.39, 0.29) is 11.4 Å². The number of aromatic nitrogens is 3. The summed E-state index contributed by atoms with van der Waals surface area (Å²) < 4.78 is 6.16. The fourth-order valence-corrected chi connectivity index (χ4v) is 6.48. The van der Waals surface area contributed by atoms with Crippen LogP contribution in [0, 0.1) is 13.8 Å². The molecule has 3 aromatic heterocycles. The number of hydrogen-bond acceptors (Lipinski definition) is 5. The topological polar surface area (TPSA) is 81.6 Å². The average molecular weight is 516 g/mol. The molecule has 0 fully saturated rings. The fourth-order valence-electron chi connectivity index (χ4n) is 4.10. The number of carbonyl (C=O) groups is 2. The molecule has 0 saturated heterocycles. The molecule has 0 saturated carbocycles. The van der Waals surface area contributed by atoms with Gasteiger partial charge in [0.1, 0.15) is 11.4 Å². The Kier molecular flexibility index (Phi) is 6.51. The molecule has 3 heterocycles. The van der Waals surface area contributed by atoms with Gasteiger partial charge in [0.15, 0.2) is 9.60 Å². The fraction of sp³-hybridized carbons (Fsp3) is 0.222. The molecule has 0 atom stereocenters. The van der Waals surface area contributed by atoms with Crippen LogP contribution >= 0.6 is 22.7 Å². The lowest BCUT2D eigenvalue weighted by atomic mass is 10.2. The third-order valence-electron chi connectivity index (χ3n) is 5.89. The number of rotatable bonds is 4. The van der Waals surface area contributed by atoms with Gasteiger partial charge in [0.25, 0.3) is 11.8 Å². The Hall–Kier alpha value is -3.69. The highest BCUT2D eigenvalue weighted by Crippen LogP contribution is 2.20. The zero-order valence-electron chi connectivity index (χ0n) is 20.5. The van der Waals surface area contributed by atoms with Gasteiger partial charge in [-0.25, -0.2) is 4.98 Å². The van der Waals surface area contributed by atoms with E-state index in [0.29, 0.717) is 22.7 Å². The van der Waals surface area contributed by atoms with E-state index >= 15 is 0 Å². The summed E-state index contributed by atoms with van der Waals surface area (Å²) in [6.07, 6.45) is 0. The van der Waals surface area contributed by atoms with Gasteiger partial charge in [-0.2, -0.15) is 9.98 Å². The van der Waals surface area contributed by atoms with E-state index in [1.165, 1.54) is 22.7 Å². The summed E-state index contributed by atoms with van der Waals surface area (Å²) in [6, 6.07) is 17.2. The first kappa shape index (κ1) is 24.0. The summed E-state index contributed by atoms with van der Waals surface area (Å²) in [5, 5.41) is 0. The van der Waals surface area contributed by atoms with Crippen LogP contribution in [0.1, 0.15) is 46.0 Å². The van der Waals surface area contributed by atoms with Crippen molar-refractivity contribution >= 4 is 54.9 Å². The molecule has 5 rings (SSSR count). The van der Waals surface area contributed by atoms with Crippen LogP contribution in [0.2, 0.25) is 0 Å². The number of fused-ring (bicyclic) bond motifs is 2. The van der Waals surface area contributed by atoms with Gasteiger partial charge in [0.05, 0.1) is 20.4 Å². The highest BCUT2D eigenvalue weighted by atomic mass is 32.1. The van der Waals surface area contributed by atoms with Gasteiger partial charge in [0, 0.05) is 13.1 Å². The molecule has 7 nitrogen and oxygen atoms in total. The van der Waals surface area contributed by atoms with Gasteiger partial charge in [-0.3, -0.25) is 9.59 Å². The van der Waals surface area contributed by atoms with E-state index in [9.17, 15) is 9.59 Å². The van der Waals surface area contributed by atoms with Crippen molar-refractivity contribution in [3.05, 3.63) is 86.7 Å². The maximum Gasteiger partial charge on any atom is 0.298 e. The van der Waals surface area contributed by atoms with Gasteiger partial charge in [0.2, 0.25) is 0 Å². The number of carbonyl (C=O) groups excluding carboxylic acids is 2. The molecule has 182 valence electrons. The van der Waals surface area contributed by atoms with E-state index in [1.54, 1.807) is 18.2 Å². The summed E-state index contributed by atoms with van der Waals surface area (Å²) in [7, 11) is 0. The number of aryl methyl sites for hydroxylation is 4. The Balaban J connectivity index is 1.51. The van der Waals surface area contributed by atoms with Crippen molar-refractivity contribution in [2.45, 2.75) is 40.8 Å². The first-order chi connectivity index (χ1) is 17.4. The van der Waals surface area contributed by atoms with Crippen molar-refractivity contribution in [1.29, 1.82) is 0 Å². The molecule has 0 spiro atoms. The monoisotopic (exact) mass is 515 g/mol. The van der Waals surface area contributed by atoms with Crippen molar-refractivity contribution in [2.24, 2.45) is 9.98 Å². The molecule has 0 unspecified atom stereocenters. The van der Waals surface area contributed by atoms with Crippen LogP contribution in [0.5, 0.6) is 0 Å². The zero-order valence-corrected chi connectivity index (χ0v) is 22.1. The Morgan fingerprint density at radius 3 is 1.61 bits per heavy atom. The third kappa shape index (κ3) is 4.47. The van der Waals surface area contributed by atoms with Crippen molar-refractivity contribution in [1.82, 2.24) is 14.1 Å². The van der Waals surface area contributed by atoms with E-state index in [4.69, 9.17) is 0 Å². The Bertz CT molecular complexity index is 1660. The molecule has 0 N–H and O–H groups in total. The molecule has 0 aliphatic heterocycles. The molecule has 0 radical (unpaired) electrons. The van der Waals surface area contributed by atoms with Gasteiger partial charge in [-0.1, -0.05) is 40.9 Å². The van der Waals surface area contributed by atoms with Crippen LogP contribution in [0.4, 0.5) is 0 Å². The molecule has 9 heteroatoms. The standard InChI is InChI=1S/C27H25N5O2S2/c1-5-31-20-12-10-16(3)14-22(20)35-26(31)29-24(33)18-8-7-9-19(28-18)25(34)30-27-32(6-2)21-13-11-17(4)15-23(21)36-27/h7-15H,5-6H2,1-4H3. The van der Waals surface area contributed by atoms with Crippen LogP contribution in [0.25, 0.3) is 20.4 Å². The second kappa shape index (κ2) is 9.75. The molecule has 0 aliphatic rings. The first-order valence-electron chi connectivity index (χ1n) is 11.7. The Morgan fingerprint density at radius 2 is 1.19 bits per heavy atom. The van der Waals surface area contributed by atoms with Crippen molar-refractivity contribution in [3.8, 4) is 0 Å². The van der Waals surface area contributed by atoms with E-state index in [2.05, 4.69) is 27.1 Å². The molecular formula is C27H25N5O2S2. The zero-order chi connectivity index (χ0) is 25.4. The summed E-state index contributed by atoms with van der Waals surface area (Å²) in [6.45, 7) is 9.49. The molecular weight excluding hydrogens is 490 g/mol. The predicted molar refractivity (Wildman–Crippen MR) is 144 cm³/mol. The van der Waals surface area contributed by atoms with E-state index in [0.717, 1.165) is 31.6 Å². The Morgan fingerprint density at radius 1 is 0.750 bits per heavy atom. The number of benzene rings is 2. The van der Waals surface area contributed by atoms with E-state index < -0.39 is 11.8 Å². The lowest BCUT2D eigenvalue weighted by Crippen LogP contribution is -2.18. The first-order valence-corrected chi connectivity index (χ1v) is 13.4. The summed E-state index contributed by atoms with van der Waals surface area (Å²) in [5.41, 5.74) is 4.61. The van der Waals surface area contributed by atoms with Crippen LogP contribution in [0.15, 0.2) is 64.6 Å². The minimum absolute atomic E-state index is 0.114. The second-order valence-corrected chi connectivity index (χ2v) is 10.5. The summed E-state index contributed by atoms with van der Waals surface area (Å²) in [4.78, 5) is 40.3. The van der Waals surface area contributed by atoms with Gasteiger partial charge < -0.3 is 9.13 Å². The number of nitrogens with zero attached hydrogens (tertiary/aromatic N) is 5. The Labute approximate surface area is 215 Å². The highest BCUT2D eigenvalue weighted by molar-refractivity contribution is 7.16.